The molecule has 1 N–H and O–H groups in total. The highest BCUT2D eigenvalue weighted by molar-refractivity contribution is 14.0. The van der Waals surface area contributed by atoms with Crippen LogP contribution in [0.25, 0.3) is 42.0 Å². The van der Waals surface area contributed by atoms with E-state index in [9.17, 15) is 33.9 Å². The number of thiophene rings is 2. The smallest absolute Gasteiger partial charge is 0.333 e. The van der Waals surface area contributed by atoms with E-state index in [4.69, 9.17) is 42.0 Å². The Morgan fingerprint density at radius 2 is 1.02 bits per heavy atom. The van der Waals surface area contributed by atoms with Gasteiger partial charge in [0.2, 0.25) is 11.8 Å². The fourth-order valence-electron chi connectivity index (χ4n) is 10.4. The van der Waals surface area contributed by atoms with Gasteiger partial charge in [-0.1, -0.05) is 36.4 Å². The highest BCUT2D eigenvalue weighted by Crippen LogP contribution is 2.40. The number of benzene rings is 2. The highest BCUT2D eigenvalue weighted by Gasteiger charge is 2.41. The summed E-state index contributed by atoms with van der Waals surface area (Å²) in [6, 6.07) is 14.9. The van der Waals surface area contributed by atoms with Gasteiger partial charge in [-0.15, -0.1) is 46.7 Å². The number of aliphatic carboxylic acids is 1. The molecule has 10 rings (SSSR count). The fraction of sp³-hybridized carbons (Fsp3) is 0.467. The zero-order valence-corrected chi connectivity index (χ0v) is 53.3. The molecule has 6 aromatic heterocycles. The number of ether oxygens (including phenoxy) is 7. The molecule has 22 nitrogen and oxygen atoms in total. The Kier molecular flexibility index (Phi) is 20.0. The summed E-state index contributed by atoms with van der Waals surface area (Å²) >= 11 is 2.43. The number of carboxylic acid groups (broad SMARTS) is 1. The highest BCUT2D eigenvalue weighted by atomic mass is 127. The number of carboxylic acids is 1. The topological polar surface area (TPSA) is 259 Å². The zero-order valence-electron chi connectivity index (χ0n) is 49.3. The number of esters is 1. The Labute approximate surface area is 514 Å². The number of methoxy groups -OCH3 is 2. The average Bonchev–Trinajstić information content (AvgIpc) is 2.34. The maximum atomic E-state index is 14.5. The Morgan fingerprint density at radius 3 is 1.38 bits per heavy atom. The molecule has 8 heterocycles. The number of rotatable bonds is 18. The van der Waals surface area contributed by atoms with Gasteiger partial charge in [0.1, 0.15) is 62.6 Å². The maximum Gasteiger partial charge on any atom is 0.333 e. The Balaban J connectivity index is 0.000000220. The van der Waals surface area contributed by atoms with Crippen LogP contribution in [-0.2, 0) is 57.4 Å². The summed E-state index contributed by atoms with van der Waals surface area (Å²) in [6.07, 6.45) is 7.18. The minimum Gasteiger partial charge on any atom is -0.496 e. The first-order valence-corrected chi connectivity index (χ1v) is 29.2. The predicted molar refractivity (Wildman–Crippen MR) is 330 cm³/mol. The summed E-state index contributed by atoms with van der Waals surface area (Å²) in [6.45, 7) is 16.8. The van der Waals surface area contributed by atoms with Crippen LogP contribution in [0.15, 0.2) is 101 Å². The quantitative estimate of drug-likeness (QED) is 0.0619. The van der Waals surface area contributed by atoms with Crippen LogP contribution in [0.1, 0.15) is 109 Å². The van der Waals surface area contributed by atoms with Crippen LogP contribution in [-0.4, -0.2) is 104 Å². The van der Waals surface area contributed by atoms with Crippen molar-refractivity contribution in [2.24, 2.45) is 0 Å². The summed E-state index contributed by atoms with van der Waals surface area (Å²) in [7, 11) is 3.15. The Hall–Kier alpha value is -6.75. The maximum absolute atomic E-state index is 14.5. The summed E-state index contributed by atoms with van der Waals surface area (Å²) in [5.41, 5.74) is -4.33. The number of carbonyl (C=O) groups is 2. The van der Waals surface area contributed by atoms with Crippen molar-refractivity contribution >= 4 is 79.0 Å². The van der Waals surface area contributed by atoms with Crippen molar-refractivity contribution < 1.29 is 56.7 Å². The van der Waals surface area contributed by atoms with E-state index in [0.29, 0.717) is 111 Å². The van der Waals surface area contributed by atoms with Gasteiger partial charge in [0.25, 0.3) is 11.1 Å². The van der Waals surface area contributed by atoms with Gasteiger partial charge in [0.15, 0.2) is 0 Å². The molecular weight excluding hydrogens is 1250 g/mol. The molecule has 0 radical (unpaired) electrons. The van der Waals surface area contributed by atoms with Crippen LogP contribution in [0.2, 0.25) is 0 Å². The van der Waals surface area contributed by atoms with Crippen molar-refractivity contribution in [3.63, 3.8) is 0 Å². The van der Waals surface area contributed by atoms with Gasteiger partial charge < -0.3 is 47.1 Å². The van der Waals surface area contributed by atoms with Crippen molar-refractivity contribution in [1.29, 1.82) is 0 Å². The molecule has 2 aliphatic rings. The van der Waals surface area contributed by atoms with Crippen molar-refractivity contribution in [3.05, 3.63) is 137 Å². The molecule has 0 saturated carbocycles. The standard InChI is InChI=1S/C32H39N3O8S.C28H31N3O8S.HI/c1-19-24-27(36)35(32(5,6)29(37)43-31(2,3)4)30(38)34(28(24)44-25(19)26-33-14-17-41-26)18-23(42-20-12-15-40-16-13-20)21-10-8-9-11-22(21)39-7;1-16-21-24(32)31(28(2,3)26(33)34)27(35)30(25(21)40-22(16)23-29-11-14-38-23)15-20(39-17-9-12-37-13-10-17)18-7-5-6-8-19(18)36-4;/h8-11,14,17,20,23H,12-13,15-16,18H2,1-7H3;5-8,11,14,17,20H,9-10,12-13,15H2,1-4H3,(H,33,34);1H/t23-;20-;/m00./s1. The average molecular weight is 1320 g/mol. The number of carbonyl (C=O) groups excluding carboxylic acids is 1. The molecule has 0 aliphatic carbocycles. The summed E-state index contributed by atoms with van der Waals surface area (Å²) in [5, 5.41) is 10.5. The van der Waals surface area contributed by atoms with E-state index in [1.807, 2.05) is 48.5 Å². The minimum atomic E-state index is -1.82. The molecule has 2 saturated heterocycles. The third-order valence-electron chi connectivity index (χ3n) is 14.9. The van der Waals surface area contributed by atoms with Gasteiger partial charge in [-0.3, -0.25) is 18.7 Å². The first kappa shape index (κ1) is 64.3. The van der Waals surface area contributed by atoms with Crippen LogP contribution >= 0.6 is 46.7 Å². The van der Waals surface area contributed by atoms with Crippen molar-refractivity contribution in [1.82, 2.24) is 28.2 Å². The monoisotopic (exact) mass is 1320 g/mol. The van der Waals surface area contributed by atoms with Crippen molar-refractivity contribution in [3.8, 4) is 33.0 Å². The fourth-order valence-corrected chi connectivity index (χ4v) is 12.9. The van der Waals surface area contributed by atoms with Crippen LogP contribution in [0.3, 0.4) is 0 Å². The van der Waals surface area contributed by atoms with Gasteiger partial charge in [0, 0.05) is 37.6 Å². The van der Waals surface area contributed by atoms with E-state index < -0.39 is 63.3 Å². The minimum absolute atomic E-state index is 0. The molecule has 2 aliphatic heterocycles. The van der Waals surface area contributed by atoms with E-state index in [1.165, 1.54) is 84.4 Å². The number of halogens is 1. The molecular formula is C60H71IN6O16S2. The molecule has 2 aromatic carbocycles. The molecule has 0 amide bonds. The zero-order chi connectivity index (χ0) is 60.4. The second kappa shape index (κ2) is 26.5. The molecule has 25 heteroatoms. The first-order chi connectivity index (χ1) is 40.0. The van der Waals surface area contributed by atoms with Crippen LogP contribution < -0.4 is 32.0 Å². The lowest BCUT2D eigenvalue weighted by Gasteiger charge is -2.31. The number of hydrogen-bond acceptors (Lipinski definition) is 19. The van der Waals surface area contributed by atoms with E-state index in [2.05, 4.69) is 9.97 Å². The van der Waals surface area contributed by atoms with E-state index >= 15 is 0 Å². The van der Waals surface area contributed by atoms with Crippen molar-refractivity contribution in [2.75, 3.05) is 40.6 Å². The summed E-state index contributed by atoms with van der Waals surface area (Å²) in [5.74, 6) is -0.167. The van der Waals surface area contributed by atoms with Gasteiger partial charge >= 0.3 is 23.3 Å². The largest absolute Gasteiger partial charge is 0.496 e. The number of aromatic nitrogens is 6. The second-order valence-electron chi connectivity index (χ2n) is 22.5. The second-order valence-corrected chi connectivity index (χ2v) is 24.5. The molecule has 0 bridgehead atoms. The molecule has 456 valence electrons. The molecule has 2 atom stereocenters. The van der Waals surface area contributed by atoms with Crippen LogP contribution in [0.5, 0.6) is 11.5 Å². The van der Waals surface area contributed by atoms with E-state index in [1.54, 1.807) is 48.8 Å². The van der Waals surface area contributed by atoms with E-state index in [0.717, 1.165) is 20.3 Å². The third-order valence-corrected chi connectivity index (χ3v) is 17.5. The van der Waals surface area contributed by atoms with Gasteiger partial charge in [-0.2, -0.15) is 0 Å². The SMILES string of the molecule is COc1ccccc1[C@H](Cn1c(=O)n(C(C)(C)C(=O)O)c(=O)c2c(C)c(-c3ncco3)sc21)OC1CCOCC1.COc1ccccc1[C@H](Cn1c(=O)n(C(C)(C)C(=O)OC(C)(C)C)c(=O)c2c(C)c(-c3ncco3)sc21)OC1CCOCC1.I. The Bertz CT molecular complexity index is 3910. The van der Waals surface area contributed by atoms with Gasteiger partial charge in [-0.05, 0) is 111 Å². The number of nitrogens with zero attached hydrogens (tertiary/aromatic N) is 6. The molecule has 0 unspecified atom stereocenters. The molecule has 85 heavy (non-hydrogen) atoms. The number of para-hydroxylation sites is 2. The third kappa shape index (κ3) is 13.2. The number of fused-ring (bicyclic) bond motifs is 2. The number of hydrogen-bond donors (Lipinski definition) is 1. The normalized spacial score (nSPS) is 15.2. The summed E-state index contributed by atoms with van der Waals surface area (Å²) in [4.78, 5) is 92.9. The van der Waals surface area contributed by atoms with Crippen molar-refractivity contribution in [2.45, 2.75) is 142 Å². The Morgan fingerprint density at radius 1 is 0.635 bits per heavy atom. The lowest BCUT2D eigenvalue weighted by molar-refractivity contribution is -0.164. The lowest BCUT2D eigenvalue weighted by Crippen LogP contribution is -2.54. The molecule has 0 spiro atoms. The van der Waals surface area contributed by atoms with Crippen LogP contribution in [0.4, 0.5) is 0 Å². The number of aryl methyl sites for hydroxylation is 2. The summed E-state index contributed by atoms with van der Waals surface area (Å²) < 4.78 is 57.2. The van der Waals surface area contributed by atoms with E-state index in [-0.39, 0.29) is 54.7 Å². The van der Waals surface area contributed by atoms with Gasteiger partial charge in [-0.25, -0.2) is 38.3 Å². The molecule has 2 fully saturated rings. The number of oxazole rings is 2. The predicted octanol–water partition coefficient (Wildman–Crippen LogP) is 9.78. The molecule has 8 aromatic rings. The first-order valence-electron chi connectivity index (χ1n) is 27.6. The lowest BCUT2D eigenvalue weighted by atomic mass is 10.0. The van der Waals surface area contributed by atoms with Gasteiger partial charge in [0.05, 0.1) is 72.4 Å². The van der Waals surface area contributed by atoms with Crippen LogP contribution in [0, 0.1) is 13.8 Å².